The minimum Gasteiger partial charge on any atom is -0.360 e. The first-order chi connectivity index (χ1) is 11.0. The molecule has 5 nitrogen and oxygen atoms in total. The Bertz CT molecular complexity index is 967. The average Bonchev–Trinajstić information content (AvgIpc) is 3.13. The third kappa shape index (κ3) is 2.65. The molecule has 114 valence electrons. The minimum atomic E-state index is -1.39. The van der Waals surface area contributed by atoms with Gasteiger partial charge in [0.25, 0.3) is 0 Å². The van der Waals surface area contributed by atoms with Crippen molar-refractivity contribution in [1.82, 2.24) is 9.97 Å². The number of hydrogen-bond acceptors (Lipinski definition) is 5. The van der Waals surface area contributed by atoms with Gasteiger partial charge in [0.15, 0.2) is 17.5 Å². The van der Waals surface area contributed by atoms with Crippen LogP contribution in [-0.2, 0) is 0 Å². The number of halogens is 1. The Hall–Kier alpha value is -2.49. The molecule has 7 heteroatoms. The van der Waals surface area contributed by atoms with Gasteiger partial charge in [0, 0.05) is 27.7 Å². The van der Waals surface area contributed by atoms with Gasteiger partial charge in [-0.15, -0.1) is 11.3 Å². The van der Waals surface area contributed by atoms with Crippen molar-refractivity contribution >= 4 is 45.4 Å². The van der Waals surface area contributed by atoms with Crippen molar-refractivity contribution in [3.8, 4) is 6.07 Å². The van der Waals surface area contributed by atoms with E-state index >= 15 is 0 Å². The van der Waals surface area contributed by atoms with Crippen molar-refractivity contribution < 1.29 is 9.59 Å². The Balaban J connectivity index is 2.01. The van der Waals surface area contributed by atoms with Gasteiger partial charge in [-0.2, -0.15) is 5.26 Å². The van der Waals surface area contributed by atoms with E-state index in [1.54, 1.807) is 25.1 Å². The molecule has 1 atom stereocenters. The molecule has 0 aliphatic rings. The lowest BCUT2D eigenvalue weighted by Crippen LogP contribution is -2.22. The number of nitrogens with zero attached hydrogens (tertiary/aromatic N) is 2. The Labute approximate surface area is 140 Å². The molecule has 1 unspecified atom stereocenters. The molecule has 0 bridgehead atoms. The number of nitrogens with one attached hydrogen (secondary N) is 1. The molecule has 0 spiro atoms. The lowest BCUT2D eigenvalue weighted by Gasteiger charge is -2.06. The van der Waals surface area contributed by atoms with Crippen LogP contribution in [0.25, 0.3) is 10.9 Å². The van der Waals surface area contributed by atoms with Gasteiger partial charge in [0.05, 0.1) is 22.2 Å². The highest BCUT2D eigenvalue weighted by Crippen LogP contribution is 2.26. The summed E-state index contributed by atoms with van der Waals surface area (Å²) in [7, 11) is 0. The highest BCUT2D eigenvalue weighted by molar-refractivity contribution is 7.12. The average molecular weight is 344 g/mol. The van der Waals surface area contributed by atoms with E-state index in [0.29, 0.717) is 32.1 Å². The summed E-state index contributed by atoms with van der Waals surface area (Å²) >= 11 is 7.05. The molecule has 0 radical (unpaired) electrons. The maximum absolute atomic E-state index is 12.7. The zero-order chi connectivity index (χ0) is 16.6. The topological polar surface area (TPSA) is 86.6 Å². The number of nitriles is 1. The molecule has 1 aromatic carbocycles. The molecule has 0 amide bonds. The predicted molar refractivity (Wildman–Crippen MR) is 87.9 cm³/mol. The smallest absolute Gasteiger partial charge is 0.199 e. The minimum absolute atomic E-state index is 0.304. The molecule has 0 fully saturated rings. The number of rotatable bonds is 4. The van der Waals surface area contributed by atoms with Crippen LogP contribution in [0.15, 0.2) is 29.9 Å². The van der Waals surface area contributed by atoms with Crippen LogP contribution in [0.3, 0.4) is 0 Å². The molecule has 2 heterocycles. The van der Waals surface area contributed by atoms with Crippen LogP contribution in [0.4, 0.5) is 0 Å². The first-order valence-electron chi connectivity index (χ1n) is 6.67. The van der Waals surface area contributed by atoms with Crippen LogP contribution < -0.4 is 0 Å². The summed E-state index contributed by atoms with van der Waals surface area (Å²) in [5.74, 6) is -2.43. The lowest BCUT2D eigenvalue weighted by molar-refractivity contribution is 0.0849. The number of hydrogen-bond donors (Lipinski definition) is 1. The van der Waals surface area contributed by atoms with E-state index < -0.39 is 17.5 Å². The molecule has 1 N–H and O–H groups in total. The zero-order valence-electron chi connectivity index (χ0n) is 12.0. The Kier molecular flexibility index (Phi) is 3.99. The Morgan fingerprint density at radius 2 is 2.17 bits per heavy atom. The number of carbonyl (C=O) groups is 2. The fourth-order valence-electron chi connectivity index (χ4n) is 2.36. The van der Waals surface area contributed by atoms with E-state index in [-0.39, 0.29) is 0 Å². The second kappa shape index (κ2) is 5.95. The highest BCUT2D eigenvalue weighted by Gasteiger charge is 2.31. The third-order valence-corrected chi connectivity index (χ3v) is 4.71. The normalized spacial score (nSPS) is 12.0. The number of Topliss-reactive ketones (excluding diaryl/α,β-unsaturated/α-hetero) is 2. The van der Waals surface area contributed by atoms with Gasteiger partial charge in [0.1, 0.15) is 0 Å². The molecule has 23 heavy (non-hydrogen) atoms. The van der Waals surface area contributed by atoms with Crippen molar-refractivity contribution in [2.24, 2.45) is 5.92 Å². The molecule has 3 rings (SSSR count). The van der Waals surface area contributed by atoms with Crippen molar-refractivity contribution in [1.29, 1.82) is 5.26 Å². The molecule has 0 aliphatic heterocycles. The quantitative estimate of drug-likeness (QED) is 0.576. The molecule has 3 aromatic rings. The Morgan fingerprint density at radius 1 is 1.39 bits per heavy atom. The van der Waals surface area contributed by atoms with E-state index in [1.165, 1.54) is 11.7 Å². The lowest BCUT2D eigenvalue weighted by atomic mass is 9.93. The van der Waals surface area contributed by atoms with E-state index in [9.17, 15) is 14.9 Å². The molecule has 2 aromatic heterocycles. The molecular formula is C16H10ClN3O2S. The van der Waals surface area contributed by atoms with Crippen molar-refractivity contribution in [2.75, 3.05) is 0 Å². The van der Waals surface area contributed by atoms with Crippen LogP contribution in [0.5, 0.6) is 0 Å². The number of aryl methyl sites for hydroxylation is 1. The van der Waals surface area contributed by atoms with Crippen molar-refractivity contribution in [3.63, 3.8) is 0 Å². The van der Waals surface area contributed by atoms with Gasteiger partial charge >= 0.3 is 0 Å². The number of benzene rings is 1. The maximum Gasteiger partial charge on any atom is 0.199 e. The summed E-state index contributed by atoms with van der Waals surface area (Å²) in [6.07, 6.45) is 1.50. The zero-order valence-corrected chi connectivity index (χ0v) is 13.5. The third-order valence-electron chi connectivity index (χ3n) is 3.53. The summed E-state index contributed by atoms with van der Waals surface area (Å²) in [5, 5.41) is 10.5. The van der Waals surface area contributed by atoms with E-state index in [4.69, 9.17) is 11.6 Å². The Morgan fingerprint density at radius 3 is 2.83 bits per heavy atom. The number of carbonyl (C=O) groups excluding carboxylic acids is 2. The fourth-order valence-corrected chi connectivity index (χ4v) is 3.31. The number of fused-ring (bicyclic) bond motifs is 1. The molecule has 0 saturated carbocycles. The maximum atomic E-state index is 12.7. The first-order valence-corrected chi connectivity index (χ1v) is 7.93. The predicted octanol–water partition coefficient (Wildman–Crippen LogP) is 3.79. The number of aromatic amines is 1. The van der Waals surface area contributed by atoms with Crippen LogP contribution >= 0.6 is 22.9 Å². The van der Waals surface area contributed by atoms with Crippen molar-refractivity contribution in [3.05, 3.63) is 51.1 Å². The highest BCUT2D eigenvalue weighted by atomic mass is 35.5. The molecular weight excluding hydrogens is 334 g/mol. The molecule has 0 aliphatic carbocycles. The second-order valence-electron chi connectivity index (χ2n) is 4.95. The van der Waals surface area contributed by atoms with E-state index in [0.717, 1.165) is 11.3 Å². The van der Waals surface area contributed by atoms with Gasteiger partial charge in [0.2, 0.25) is 0 Å². The summed E-state index contributed by atoms with van der Waals surface area (Å²) < 4.78 is 0. The van der Waals surface area contributed by atoms with Gasteiger partial charge < -0.3 is 4.98 Å². The van der Waals surface area contributed by atoms with Crippen LogP contribution in [0.1, 0.15) is 25.7 Å². The number of aromatic nitrogens is 2. The van der Waals surface area contributed by atoms with Crippen molar-refractivity contribution in [2.45, 2.75) is 6.92 Å². The van der Waals surface area contributed by atoms with Gasteiger partial charge in [-0.05, 0) is 19.1 Å². The van der Waals surface area contributed by atoms with Gasteiger partial charge in [-0.25, -0.2) is 4.98 Å². The summed E-state index contributed by atoms with van der Waals surface area (Å²) in [5.41, 5.74) is 3.03. The SMILES string of the molecule is Cc1ncsc1C(=O)C(C#N)C(=O)c1c[nH]c2cc(Cl)ccc12. The van der Waals surface area contributed by atoms with Crippen LogP contribution in [-0.4, -0.2) is 21.5 Å². The molecule has 0 saturated heterocycles. The fraction of sp³-hybridized carbons (Fsp3) is 0.125. The standard InChI is InChI=1S/C16H10ClN3O2S/c1-8-16(23-7-20-8)15(22)11(5-18)14(21)12-6-19-13-4-9(17)2-3-10(12)13/h2-4,6-7,11,19H,1H3. The number of thiazole rings is 1. The summed E-state index contributed by atoms with van der Waals surface area (Å²) in [4.78, 5) is 32.4. The second-order valence-corrected chi connectivity index (χ2v) is 6.24. The van der Waals surface area contributed by atoms with Crippen LogP contribution in [0.2, 0.25) is 5.02 Å². The number of H-pyrrole nitrogens is 1. The first kappa shape index (κ1) is 15.4. The largest absolute Gasteiger partial charge is 0.360 e. The monoisotopic (exact) mass is 343 g/mol. The summed E-state index contributed by atoms with van der Waals surface area (Å²) in [6, 6.07) is 6.86. The number of ketones is 2. The van der Waals surface area contributed by atoms with Gasteiger partial charge in [-0.3, -0.25) is 9.59 Å². The summed E-state index contributed by atoms with van der Waals surface area (Å²) in [6.45, 7) is 1.68. The van der Waals surface area contributed by atoms with Crippen LogP contribution in [0, 0.1) is 24.2 Å². The van der Waals surface area contributed by atoms with Gasteiger partial charge in [-0.1, -0.05) is 17.7 Å². The van der Waals surface area contributed by atoms with E-state index in [1.807, 2.05) is 6.07 Å². The van der Waals surface area contributed by atoms with E-state index in [2.05, 4.69) is 9.97 Å².